The fourth-order valence-electron chi connectivity index (χ4n) is 3.65. The number of benzene rings is 1. The number of amides is 2. The number of hydrogen-bond donors (Lipinski definition) is 1. The highest BCUT2D eigenvalue weighted by molar-refractivity contribution is 7.13. The Hall–Kier alpha value is -3.20. The molecule has 2 amide bonds. The fraction of sp³-hybridized carbons (Fsp3) is 0.333. The summed E-state index contributed by atoms with van der Waals surface area (Å²) in [5, 5.41) is 9.63. The summed E-state index contributed by atoms with van der Waals surface area (Å²) in [7, 11) is 0. The van der Waals surface area contributed by atoms with Gasteiger partial charge in [0.1, 0.15) is 6.54 Å². The second kappa shape index (κ2) is 8.66. The minimum Gasteiger partial charge on any atom is -0.367 e. The first kappa shape index (κ1) is 20.1. The number of carbonyl (C=O) groups excluding carboxylic acids is 2. The molecular formula is C21H24N6O2S. The predicted octanol–water partition coefficient (Wildman–Crippen LogP) is 2.56. The first-order valence-corrected chi connectivity index (χ1v) is 10.7. The van der Waals surface area contributed by atoms with Gasteiger partial charge >= 0.3 is 0 Å². The van der Waals surface area contributed by atoms with Crippen LogP contribution in [0.5, 0.6) is 0 Å². The number of thiazole rings is 1. The molecule has 8 nitrogen and oxygen atoms in total. The number of rotatable bonds is 5. The van der Waals surface area contributed by atoms with Crippen LogP contribution in [0.4, 0.5) is 10.8 Å². The van der Waals surface area contributed by atoms with E-state index in [4.69, 9.17) is 0 Å². The summed E-state index contributed by atoms with van der Waals surface area (Å²) in [5.74, 6) is -0.112. The lowest BCUT2D eigenvalue weighted by molar-refractivity contribution is -0.132. The maximum atomic E-state index is 12.7. The van der Waals surface area contributed by atoms with Gasteiger partial charge in [0.25, 0.3) is 5.91 Å². The van der Waals surface area contributed by atoms with Crippen molar-refractivity contribution in [3.05, 3.63) is 58.9 Å². The van der Waals surface area contributed by atoms with E-state index >= 15 is 0 Å². The molecule has 3 heterocycles. The predicted molar refractivity (Wildman–Crippen MR) is 117 cm³/mol. The van der Waals surface area contributed by atoms with Crippen LogP contribution in [0.3, 0.4) is 0 Å². The lowest BCUT2D eigenvalue weighted by Gasteiger charge is -2.36. The van der Waals surface area contributed by atoms with Crippen molar-refractivity contribution < 1.29 is 9.59 Å². The molecule has 0 radical (unpaired) electrons. The molecule has 1 aromatic carbocycles. The summed E-state index contributed by atoms with van der Waals surface area (Å²) in [5.41, 5.74) is 3.38. The zero-order chi connectivity index (χ0) is 21.1. The van der Waals surface area contributed by atoms with Gasteiger partial charge < -0.3 is 9.80 Å². The van der Waals surface area contributed by atoms with Crippen molar-refractivity contribution in [1.29, 1.82) is 0 Å². The number of carbonyl (C=O) groups is 2. The molecule has 1 aliphatic rings. The molecule has 1 fully saturated rings. The molecule has 0 spiro atoms. The summed E-state index contributed by atoms with van der Waals surface area (Å²) >= 11 is 1.39. The molecule has 4 rings (SSSR count). The maximum absolute atomic E-state index is 12.7. The van der Waals surface area contributed by atoms with Crippen molar-refractivity contribution in [3.63, 3.8) is 0 Å². The number of anilines is 2. The minimum absolute atomic E-state index is 0.0654. The Bertz CT molecular complexity index is 1040. The smallest absolute Gasteiger partial charge is 0.259 e. The van der Waals surface area contributed by atoms with Crippen LogP contribution in [0.15, 0.2) is 41.9 Å². The number of aryl methyl sites for hydroxylation is 2. The Morgan fingerprint density at radius 3 is 2.57 bits per heavy atom. The van der Waals surface area contributed by atoms with Gasteiger partial charge in [0, 0.05) is 49.1 Å². The van der Waals surface area contributed by atoms with E-state index in [0.29, 0.717) is 36.9 Å². The molecule has 1 aliphatic heterocycles. The van der Waals surface area contributed by atoms with Gasteiger partial charge in [0.05, 0.1) is 11.3 Å². The van der Waals surface area contributed by atoms with Crippen molar-refractivity contribution in [2.75, 3.05) is 36.4 Å². The average Bonchev–Trinajstić information content (AvgIpc) is 3.37. The SMILES string of the molecule is Cc1cc(C)n(CC(=O)N2CCN(c3ccccc3C(=O)Nc3nccs3)CC2)n1. The first-order valence-electron chi connectivity index (χ1n) is 9.85. The Balaban J connectivity index is 1.40. The van der Waals surface area contributed by atoms with Crippen LogP contribution < -0.4 is 10.2 Å². The second-order valence-electron chi connectivity index (χ2n) is 7.26. The normalized spacial score (nSPS) is 14.1. The topological polar surface area (TPSA) is 83.4 Å². The Kier molecular flexibility index (Phi) is 5.80. The van der Waals surface area contributed by atoms with Gasteiger partial charge in [-0.2, -0.15) is 5.10 Å². The number of nitrogens with one attached hydrogen (secondary N) is 1. The molecule has 0 saturated carbocycles. The van der Waals surface area contributed by atoms with Gasteiger partial charge in [-0.3, -0.25) is 19.6 Å². The monoisotopic (exact) mass is 424 g/mol. The second-order valence-corrected chi connectivity index (χ2v) is 8.16. The summed E-state index contributed by atoms with van der Waals surface area (Å²) in [4.78, 5) is 33.6. The Labute approximate surface area is 179 Å². The van der Waals surface area contributed by atoms with Crippen LogP contribution in [-0.2, 0) is 11.3 Å². The van der Waals surface area contributed by atoms with Crippen molar-refractivity contribution in [1.82, 2.24) is 19.7 Å². The van der Waals surface area contributed by atoms with Crippen molar-refractivity contribution >= 4 is 34.0 Å². The number of aromatic nitrogens is 3. The average molecular weight is 425 g/mol. The number of hydrogen-bond acceptors (Lipinski definition) is 6. The van der Waals surface area contributed by atoms with E-state index in [9.17, 15) is 9.59 Å². The molecule has 9 heteroatoms. The minimum atomic E-state index is -0.177. The van der Waals surface area contributed by atoms with Gasteiger partial charge in [-0.25, -0.2) is 4.98 Å². The standard InChI is InChI=1S/C21H24N6O2S/c1-15-13-16(2)27(24-15)14-19(28)26-10-8-25(9-11-26)18-6-4-3-5-17(18)20(29)23-21-22-7-12-30-21/h3-7,12-13H,8-11,14H2,1-2H3,(H,22,23,29). The van der Waals surface area contributed by atoms with E-state index in [-0.39, 0.29) is 18.4 Å². The van der Waals surface area contributed by atoms with Gasteiger partial charge in [0.15, 0.2) is 5.13 Å². The number of para-hydroxylation sites is 1. The molecule has 156 valence electrons. The van der Waals surface area contributed by atoms with E-state index in [2.05, 4.69) is 20.3 Å². The van der Waals surface area contributed by atoms with Crippen LogP contribution in [0.25, 0.3) is 0 Å². The van der Waals surface area contributed by atoms with Crippen LogP contribution in [0.2, 0.25) is 0 Å². The van der Waals surface area contributed by atoms with E-state index < -0.39 is 0 Å². The van der Waals surface area contributed by atoms with E-state index in [0.717, 1.165) is 17.1 Å². The van der Waals surface area contributed by atoms with Crippen LogP contribution in [-0.4, -0.2) is 57.7 Å². The molecular weight excluding hydrogens is 400 g/mol. The van der Waals surface area contributed by atoms with E-state index in [1.54, 1.807) is 10.9 Å². The summed E-state index contributed by atoms with van der Waals surface area (Å²) < 4.78 is 1.75. The molecule has 3 aromatic rings. The summed E-state index contributed by atoms with van der Waals surface area (Å²) in [6.07, 6.45) is 1.66. The highest BCUT2D eigenvalue weighted by Gasteiger charge is 2.24. The summed E-state index contributed by atoms with van der Waals surface area (Å²) in [6.45, 7) is 6.70. The van der Waals surface area contributed by atoms with E-state index in [1.807, 2.05) is 54.5 Å². The third-order valence-corrected chi connectivity index (χ3v) is 5.85. The molecule has 1 saturated heterocycles. The molecule has 0 bridgehead atoms. The third kappa shape index (κ3) is 4.35. The lowest BCUT2D eigenvalue weighted by Crippen LogP contribution is -2.50. The summed E-state index contributed by atoms with van der Waals surface area (Å²) in [6, 6.07) is 9.52. The highest BCUT2D eigenvalue weighted by atomic mass is 32.1. The Morgan fingerprint density at radius 1 is 1.13 bits per heavy atom. The Morgan fingerprint density at radius 2 is 1.90 bits per heavy atom. The van der Waals surface area contributed by atoms with Crippen molar-refractivity contribution in [2.24, 2.45) is 0 Å². The number of nitrogens with zero attached hydrogens (tertiary/aromatic N) is 5. The van der Waals surface area contributed by atoms with Gasteiger partial charge in [-0.15, -0.1) is 11.3 Å². The quantitative estimate of drug-likeness (QED) is 0.681. The van der Waals surface area contributed by atoms with Crippen LogP contribution in [0.1, 0.15) is 21.7 Å². The molecule has 2 aromatic heterocycles. The molecule has 30 heavy (non-hydrogen) atoms. The molecule has 0 atom stereocenters. The number of piperazine rings is 1. The van der Waals surface area contributed by atoms with E-state index in [1.165, 1.54) is 11.3 Å². The van der Waals surface area contributed by atoms with Gasteiger partial charge in [0.2, 0.25) is 5.91 Å². The van der Waals surface area contributed by atoms with Gasteiger partial charge in [-0.05, 0) is 32.0 Å². The van der Waals surface area contributed by atoms with Crippen LogP contribution in [0, 0.1) is 13.8 Å². The molecule has 0 aliphatic carbocycles. The van der Waals surface area contributed by atoms with Gasteiger partial charge in [-0.1, -0.05) is 12.1 Å². The van der Waals surface area contributed by atoms with Crippen LogP contribution >= 0.6 is 11.3 Å². The maximum Gasteiger partial charge on any atom is 0.259 e. The zero-order valence-corrected chi connectivity index (χ0v) is 17.9. The largest absolute Gasteiger partial charge is 0.367 e. The molecule has 0 unspecified atom stereocenters. The molecule has 1 N–H and O–H groups in total. The van der Waals surface area contributed by atoms with Crippen molar-refractivity contribution in [3.8, 4) is 0 Å². The third-order valence-electron chi connectivity index (χ3n) is 5.16. The fourth-order valence-corrected chi connectivity index (χ4v) is 4.17. The zero-order valence-electron chi connectivity index (χ0n) is 17.0. The first-order chi connectivity index (χ1) is 14.5. The lowest BCUT2D eigenvalue weighted by atomic mass is 10.1. The van der Waals surface area contributed by atoms with Crippen molar-refractivity contribution in [2.45, 2.75) is 20.4 Å². The highest BCUT2D eigenvalue weighted by Crippen LogP contribution is 2.23.